The minimum Gasteiger partial charge on any atom is -0.332 e. The summed E-state index contributed by atoms with van der Waals surface area (Å²) in [6.45, 7) is 3.56. The first-order valence-electron chi connectivity index (χ1n) is 7.43. The maximum absolute atomic E-state index is 12.5. The van der Waals surface area contributed by atoms with E-state index in [9.17, 15) is 19.7 Å². The molecule has 0 saturated carbocycles. The second-order valence-electron chi connectivity index (χ2n) is 5.63. The quantitative estimate of drug-likeness (QED) is 0.480. The number of nitrogens with zero attached hydrogens (tertiary/aromatic N) is 2. The van der Waals surface area contributed by atoms with Gasteiger partial charge in [0.15, 0.2) is 5.78 Å². The van der Waals surface area contributed by atoms with Crippen LogP contribution in [0.1, 0.15) is 33.2 Å². The summed E-state index contributed by atoms with van der Waals surface area (Å²) in [5.41, 5.74) is 1.58. The Hall–Kier alpha value is -3.02. The number of ketones is 1. The predicted molar refractivity (Wildman–Crippen MR) is 90.2 cm³/mol. The number of rotatable bonds is 5. The summed E-state index contributed by atoms with van der Waals surface area (Å²) in [4.78, 5) is 36.6. The maximum Gasteiger partial charge on any atom is 0.270 e. The first-order valence-corrected chi connectivity index (χ1v) is 7.43. The summed E-state index contributed by atoms with van der Waals surface area (Å²) in [6, 6.07) is 11.9. The summed E-state index contributed by atoms with van der Waals surface area (Å²) in [5.74, 6) is -0.622. The lowest BCUT2D eigenvalue weighted by Crippen LogP contribution is -2.40. The number of aryl methyl sites for hydroxylation is 1. The van der Waals surface area contributed by atoms with E-state index in [2.05, 4.69) is 0 Å². The molecule has 0 spiro atoms. The van der Waals surface area contributed by atoms with E-state index in [-0.39, 0.29) is 17.0 Å². The van der Waals surface area contributed by atoms with Gasteiger partial charge in [-0.05, 0) is 19.9 Å². The number of likely N-dealkylation sites (N-methyl/N-ethyl adjacent to an activating group) is 1. The number of amides is 1. The highest BCUT2D eigenvalue weighted by Gasteiger charge is 2.25. The topological polar surface area (TPSA) is 80.5 Å². The molecule has 0 heterocycles. The van der Waals surface area contributed by atoms with Crippen LogP contribution in [0.4, 0.5) is 5.69 Å². The molecule has 0 aliphatic carbocycles. The van der Waals surface area contributed by atoms with Gasteiger partial charge < -0.3 is 4.90 Å². The van der Waals surface area contributed by atoms with Crippen molar-refractivity contribution in [1.82, 2.24) is 4.90 Å². The molecule has 2 rings (SSSR count). The van der Waals surface area contributed by atoms with E-state index in [1.165, 1.54) is 36.2 Å². The third kappa shape index (κ3) is 3.65. The second kappa shape index (κ2) is 7.04. The van der Waals surface area contributed by atoms with Gasteiger partial charge in [0.25, 0.3) is 11.6 Å². The molecule has 24 heavy (non-hydrogen) atoms. The molecule has 6 heteroatoms. The molecular formula is C18H18N2O4. The number of nitro benzene ring substituents is 1. The van der Waals surface area contributed by atoms with Crippen LogP contribution in [-0.4, -0.2) is 34.6 Å². The van der Waals surface area contributed by atoms with Gasteiger partial charge in [0.1, 0.15) is 0 Å². The van der Waals surface area contributed by atoms with E-state index in [4.69, 9.17) is 0 Å². The molecular weight excluding hydrogens is 308 g/mol. The average Bonchev–Trinajstić information content (AvgIpc) is 2.60. The fraction of sp³-hybridized carbons (Fsp3) is 0.222. The van der Waals surface area contributed by atoms with Gasteiger partial charge in [-0.1, -0.05) is 35.9 Å². The normalized spacial score (nSPS) is 11.6. The van der Waals surface area contributed by atoms with Crippen LogP contribution in [0, 0.1) is 17.0 Å². The smallest absolute Gasteiger partial charge is 0.270 e. The maximum atomic E-state index is 12.5. The molecule has 6 nitrogen and oxygen atoms in total. The Labute approximate surface area is 139 Å². The molecule has 0 bridgehead atoms. The van der Waals surface area contributed by atoms with Crippen molar-refractivity contribution in [2.24, 2.45) is 0 Å². The Morgan fingerprint density at radius 2 is 1.71 bits per heavy atom. The number of benzene rings is 2. The number of carbonyl (C=O) groups excluding carboxylic acids is 2. The molecule has 0 N–H and O–H groups in total. The van der Waals surface area contributed by atoms with Crippen LogP contribution < -0.4 is 0 Å². The van der Waals surface area contributed by atoms with Crippen molar-refractivity contribution in [3.8, 4) is 0 Å². The Kier molecular flexibility index (Phi) is 5.08. The van der Waals surface area contributed by atoms with Gasteiger partial charge >= 0.3 is 0 Å². The Balaban J connectivity index is 2.20. The summed E-state index contributed by atoms with van der Waals surface area (Å²) in [6.07, 6.45) is 0. The summed E-state index contributed by atoms with van der Waals surface area (Å²) < 4.78 is 0. The molecule has 0 radical (unpaired) electrons. The number of nitro groups is 1. The first-order chi connectivity index (χ1) is 11.3. The number of hydrogen-bond donors (Lipinski definition) is 0. The van der Waals surface area contributed by atoms with Crippen molar-refractivity contribution >= 4 is 17.4 Å². The Morgan fingerprint density at radius 3 is 2.29 bits per heavy atom. The van der Waals surface area contributed by atoms with Gasteiger partial charge in [-0.15, -0.1) is 0 Å². The van der Waals surface area contributed by atoms with E-state index >= 15 is 0 Å². The summed E-state index contributed by atoms with van der Waals surface area (Å²) >= 11 is 0. The number of hydrogen-bond acceptors (Lipinski definition) is 4. The molecule has 2 aromatic carbocycles. The van der Waals surface area contributed by atoms with Crippen molar-refractivity contribution in [3.63, 3.8) is 0 Å². The molecule has 1 unspecified atom stereocenters. The monoisotopic (exact) mass is 326 g/mol. The van der Waals surface area contributed by atoms with E-state index in [1.807, 2.05) is 19.1 Å². The summed E-state index contributed by atoms with van der Waals surface area (Å²) in [7, 11) is 1.51. The van der Waals surface area contributed by atoms with Gasteiger partial charge in [0, 0.05) is 30.3 Å². The van der Waals surface area contributed by atoms with Crippen LogP contribution in [0.25, 0.3) is 0 Å². The van der Waals surface area contributed by atoms with E-state index in [0.29, 0.717) is 5.56 Å². The standard InChI is InChI=1S/C18H18N2O4/c1-12-7-9-14(10-8-12)17(21)13(2)19(3)18(22)15-5-4-6-16(11-15)20(23)24/h4-11,13H,1-3H3. The molecule has 124 valence electrons. The molecule has 0 saturated heterocycles. The SMILES string of the molecule is Cc1ccc(C(=O)C(C)N(C)C(=O)c2cccc([N+](=O)[O-])c2)cc1. The van der Waals surface area contributed by atoms with Gasteiger partial charge in [-0.25, -0.2) is 0 Å². The fourth-order valence-electron chi connectivity index (χ4n) is 2.27. The zero-order valence-corrected chi connectivity index (χ0v) is 13.7. The third-order valence-corrected chi connectivity index (χ3v) is 3.92. The third-order valence-electron chi connectivity index (χ3n) is 3.92. The van der Waals surface area contributed by atoms with E-state index in [1.54, 1.807) is 19.1 Å². The lowest BCUT2D eigenvalue weighted by atomic mass is 10.0. The number of Topliss-reactive ketones (excluding diaryl/α,β-unsaturated/α-hetero) is 1. The molecule has 1 amide bonds. The van der Waals surface area contributed by atoms with E-state index in [0.717, 1.165) is 5.56 Å². The average molecular weight is 326 g/mol. The van der Waals surface area contributed by atoms with Crippen LogP contribution in [0.2, 0.25) is 0 Å². The zero-order valence-electron chi connectivity index (χ0n) is 13.7. The second-order valence-corrected chi connectivity index (χ2v) is 5.63. The lowest BCUT2D eigenvalue weighted by molar-refractivity contribution is -0.384. The van der Waals surface area contributed by atoms with Crippen molar-refractivity contribution in [3.05, 3.63) is 75.3 Å². The highest BCUT2D eigenvalue weighted by molar-refractivity contribution is 6.04. The molecule has 0 fully saturated rings. The van der Waals surface area contributed by atoms with E-state index < -0.39 is 16.9 Å². The van der Waals surface area contributed by atoms with Gasteiger partial charge in [0.2, 0.25) is 0 Å². The zero-order chi connectivity index (χ0) is 17.9. The highest BCUT2D eigenvalue weighted by atomic mass is 16.6. The molecule has 0 aliphatic heterocycles. The van der Waals surface area contributed by atoms with Gasteiger partial charge in [-0.2, -0.15) is 0 Å². The summed E-state index contributed by atoms with van der Waals surface area (Å²) in [5, 5.41) is 10.8. The fourth-order valence-corrected chi connectivity index (χ4v) is 2.27. The predicted octanol–water partition coefficient (Wildman–Crippen LogP) is 3.25. The Bertz CT molecular complexity index is 784. The van der Waals surface area contributed by atoms with Crippen LogP contribution in [0.5, 0.6) is 0 Å². The van der Waals surface area contributed by atoms with Gasteiger partial charge in [-0.3, -0.25) is 19.7 Å². The van der Waals surface area contributed by atoms with Crippen LogP contribution in [-0.2, 0) is 0 Å². The minimum absolute atomic E-state index is 0.160. The molecule has 2 aromatic rings. The largest absolute Gasteiger partial charge is 0.332 e. The van der Waals surface area contributed by atoms with Crippen LogP contribution in [0.15, 0.2) is 48.5 Å². The first kappa shape index (κ1) is 17.3. The van der Waals surface area contributed by atoms with Crippen LogP contribution >= 0.6 is 0 Å². The number of non-ortho nitro benzene ring substituents is 1. The molecule has 0 aromatic heterocycles. The van der Waals surface area contributed by atoms with Crippen LogP contribution in [0.3, 0.4) is 0 Å². The van der Waals surface area contributed by atoms with Crippen molar-refractivity contribution in [2.45, 2.75) is 19.9 Å². The number of carbonyl (C=O) groups is 2. The Morgan fingerprint density at radius 1 is 1.08 bits per heavy atom. The van der Waals surface area contributed by atoms with Crippen molar-refractivity contribution in [2.75, 3.05) is 7.05 Å². The van der Waals surface area contributed by atoms with Crippen molar-refractivity contribution in [1.29, 1.82) is 0 Å². The minimum atomic E-state index is -0.681. The molecule has 1 atom stereocenters. The lowest BCUT2D eigenvalue weighted by Gasteiger charge is -2.24. The van der Waals surface area contributed by atoms with Crippen molar-refractivity contribution < 1.29 is 14.5 Å². The molecule has 0 aliphatic rings. The van der Waals surface area contributed by atoms with Gasteiger partial charge in [0.05, 0.1) is 11.0 Å². The highest BCUT2D eigenvalue weighted by Crippen LogP contribution is 2.17.